The van der Waals surface area contributed by atoms with Gasteiger partial charge >= 0.3 is 0 Å². The van der Waals surface area contributed by atoms with E-state index in [1.165, 1.54) is 17.3 Å². The molecule has 1 heterocycles. The SMILES string of the molecule is CC(CNC(=O)CSc1nnnn1C)c1ccccc1. The molecule has 20 heavy (non-hydrogen) atoms. The number of carbonyl (C=O) groups excluding carboxylic acids is 1. The third kappa shape index (κ3) is 4.06. The third-order valence-electron chi connectivity index (χ3n) is 2.89. The predicted octanol–water partition coefficient (Wildman–Crippen LogP) is 1.22. The molecule has 2 rings (SSSR count). The van der Waals surface area contributed by atoms with E-state index in [1.54, 1.807) is 11.7 Å². The highest BCUT2D eigenvalue weighted by molar-refractivity contribution is 7.99. The van der Waals surface area contributed by atoms with E-state index in [2.05, 4.69) is 39.9 Å². The number of carbonyl (C=O) groups is 1. The van der Waals surface area contributed by atoms with Crippen molar-refractivity contribution in [2.24, 2.45) is 7.05 Å². The van der Waals surface area contributed by atoms with Crippen LogP contribution in [0, 0.1) is 0 Å². The Morgan fingerprint density at radius 3 is 2.80 bits per heavy atom. The summed E-state index contributed by atoms with van der Waals surface area (Å²) in [4.78, 5) is 11.8. The summed E-state index contributed by atoms with van der Waals surface area (Å²) < 4.78 is 1.55. The Balaban J connectivity index is 1.74. The first-order valence-electron chi connectivity index (χ1n) is 6.33. The molecule has 1 N–H and O–H groups in total. The molecule has 0 aliphatic heterocycles. The number of hydrogen-bond acceptors (Lipinski definition) is 5. The summed E-state index contributed by atoms with van der Waals surface area (Å²) in [5.41, 5.74) is 1.22. The smallest absolute Gasteiger partial charge is 0.230 e. The Bertz CT molecular complexity index is 557. The third-order valence-corrected chi connectivity index (χ3v) is 3.90. The summed E-state index contributed by atoms with van der Waals surface area (Å²) in [6.07, 6.45) is 0. The second kappa shape index (κ2) is 7.04. The topological polar surface area (TPSA) is 72.7 Å². The lowest BCUT2D eigenvalue weighted by molar-refractivity contribution is -0.118. The second-order valence-corrected chi connectivity index (χ2v) is 5.43. The minimum atomic E-state index is -0.0132. The summed E-state index contributed by atoms with van der Waals surface area (Å²) in [6, 6.07) is 10.1. The van der Waals surface area contributed by atoms with Gasteiger partial charge in [-0.3, -0.25) is 4.79 Å². The van der Waals surface area contributed by atoms with E-state index in [-0.39, 0.29) is 5.91 Å². The Labute approximate surface area is 121 Å². The van der Waals surface area contributed by atoms with Crippen LogP contribution in [0.25, 0.3) is 0 Å². The van der Waals surface area contributed by atoms with Gasteiger partial charge in [-0.15, -0.1) is 5.10 Å². The van der Waals surface area contributed by atoms with Crippen molar-refractivity contribution in [3.63, 3.8) is 0 Å². The molecule has 0 aliphatic rings. The van der Waals surface area contributed by atoms with Crippen LogP contribution in [0.1, 0.15) is 18.4 Å². The molecule has 0 radical (unpaired) electrons. The zero-order chi connectivity index (χ0) is 14.4. The molecule has 7 heteroatoms. The largest absolute Gasteiger partial charge is 0.355 e. The minimum absolute atomic E-state index is 0.0132. The molecule has 2 aromatic rings. The van der Waals surface area contributed by atoms with Crippen LogP contribution in [-0.2, 0) is 11.8 Å². The van der Waals surface area contributed by atoms with Gasteiger partial charge in [0, 0.05) is 13.6 Å². The van der Waals surface area contributed by atoms with Gasteiger partial charge in [0.15, 0.2) is 0 Å². The number of nitrogens with one attached hydrogen (secondary N) is 1. The van der Waals surface area contributed by atoms with Gasteiger partial charge < -0.3 is 5.32 Å². The van der Waals surface area contributed by atoms with Crippen LogP contribution in [0.3, 0.4) is 0 Å². The fourth-order valence-electron chi connectivity index (χ4n) is 1.69. The zero-order valence-corrected chi connectivity index (χ0v) is 12.3. The molecule has 0 aliphatic carbocycles. The van der Waals surface area contributed by atoms with Crippen molar-refractivity contribution >= 4 is 17.7 Å². The lowest BCUT2D eigenvalue weighted by Gasteiger charge is -2.12. The lowest BCUT2D eigenvalue weighted by Crippen LogP contribution is -2.29. The molecular formula is C13H17N5OS. The maximum Gasteiger partial charge on any atom is 0.230 e. The molecule has 0 saturated heterocycles. The van der Waals surface area contributed by atoms with Gasteiger partial charge in [0.05, 0.1) is 5.75 Å². The zero-order valence-electron chi connectivity index (χ0n) is 11.5. The molecule has 1 amide bonds. The summed E-state index contributed by atoms with van der Waals surface area (Å²) in [7, 11) is 1.75. The minimum Gasteiger partial charge on any atom is -0.355 e. The molecule has 6 nitrogen and oxygen atoms in total. The molecule has 0 spiro atoms. The number of rotatable bonds is 6. The van der Waals surface area contributed by atoms with Gasteiger partial charge in [-0.05, 0) is 21.9 Å². The van der Waals surface area contributed by atoms with E-state index in [4.69, 9.17) is 0 Å². The van der Waals surface area contributed by atoms with Gasteiger partial charge in [-0.25, -0.2) is 4.68 Å². The maximum absolute atomic E-state index is 11.8. The molecule has 0 bridgehead atoms. The summed E-state index contributed by atoms with van der Waals surface area (Å²) in [5, 5.41) is 14.6. The molecule has 1 unspecified atom stereocenters. The number of hydrogen-bond donors (Lipinski definition) is 1. The molecular weight excluding hydrogens is 274 g/mol. The normalized spacial score (nSPS) is 12.1. The van der Waals surface area contributed by atoms with E-state index in [0.29, 0.717) is 23.4 Å². The molecule has 1 atom stereocenters. The monoisotopic (exact) mass is 291 g/mol. The number of benzene rings is 1. The van der Waals surface area contributed by atoms with Crippen molar-refractivity contribution in [3.05, 3.63) is 35.9 Å². The Kier molecular flexibility index (Phi) is 5.11. The number of tetrazole rings is 1. The lowest BCUT2D eigenvalue weighted by atomic mass is 10.0. The van der Waals surface area contributed by atoms with Crippen molar-refractivity contribution < 1.29 is 4.79 Å². The van der Waals surface area contributed by atoms with Gasteiger partial charge in [0.25, 0.3) is 0 Å². The molecule has 1 aromatic heterocycles. The molecule has 1 aromatic carbocycles. The fourth-order valence-corrected chi connectivity index (χ4v) is 2.37. The van der Waals surface area contributed by atoms with E-state index in [0.717, 1.165) is 0 Å². The van der Waals surface area contributed by atoms with Crippen LogP contribution in [-0.4, -0.2) is 38.4 Å². The van der Waals surface area contributed by atoms with Crippen molar-refractivity contribution in [3.8, 4) is 0 Å². The van der Waals surface area contributed by atoms with Crippen molar-refractivity contribution in [1.82, 2.24) is 25.5 Å². The number of amides is 1. The van der Waals surface area contributed by atoms with E-state index in [9.17, 15) is 4.79 Å². The molecule has 106 valence electrons. The first kappa shape index (κ1) is 14.5. The summed E-state index contributed by atoms with van der Waals surface area (Å²) in [6.45, 7) is 2.72. The number of aromatic nitrogens is 4. The highest BCUT2D eigenvalue weighted by atomic mass is 32.2. The van der Waals surface area contributed by atoms with Crippen molar-refractivity contribution in [2.75, 3.05) is 12.3 Å². The Hall–Kier alpha value is -1.89. The van der Waals surface area contributed by atoms with Crippen LogP contribution in [0.2, 0.25) is 0 Å². The van der Waals surface area contributed by atoms with E-state index < -0.39 is 0 Å². The van der Waals surface area contributed by atoms with Crippen LogP contribution >= 0.6 is 11.8 Å². The number of nitrogens with zero attached hydrogens (tertiary/aromatic N) is 4. The van der Waals surface area contributed by atoms with Crippen LogP contribution in [0.5, 0.6) is 0 Å². The summed E-state index contributed by atoms with van der Waals surface area (Å²) in [5.74, 6) is 0.595. The quantitative estimate of drug-likeness (QED) is 0.810. The van der Waals surface area contributed by atoms with E-state index >= 15 is 0 Å². The first-order chi connectivity index (χ1) is 9.66. The Morgan fingerprint density at radius 1 is 1.40 bits per heavy atom. The molecule has 0 saturated carbocycles. The highest BCUT2D eigenvalue weighted by Gasteiger charge is 2.10. The van der Waals surface area contributed by atoms with Crippen molar-refractivity contribution in [2.45, 2.75) is 18.0 Å². The van der Waals surface area contributed by atoms with Gasteiger partial charge in [0.2, 0.25) is 11.1 Å². The van der Waals surface area contributed by atoms with E-state index in [1.807, 2.05) is 18.2 Å². The first-order valence-corrected chi connectivity index (χ1v) is 7.32. The standard InChI is InChI=1S/C13H17N5OS/c1-10(11-6-4-3-5-7-11)8-14-12(19)9-20-13-15-16-17-18(13)2/h3-7,10H,8-9H2,1-2H3,(H,14,19). The van der Waals surface area contributed by atoms with Crippen LogP contribution in [0.4, 0.5) is 0 Å². The number of thioether (sulfide) groups is 1. The highest BCUT2D eigenvalue weighted by Crippen LogP contribution is 2.14. The van der Waals surface area contributed by atoms with Crippen LogP contribution in [0.15, 0.2) is 35.5 Å². The molecule has 0 fully saturated rings. The number of aryl methyl sites for hydroxylation is 1. The van der Waals surface area contributed by atoms with Gasteiger partial charge in [0.1, 0.15) is 0 Å². The Morgan fingerprint density at radius 2 is 2.15 bits per heavy atom. The summed E-state index contributed by atoms with van der Waals surface area (Å²) >= 11 is 1.32. The van der Waals surface area contributed by atoms with Gasteiger partial charge in [-0.1, -0.05) is 49.0 Å². The second-order valence-electron chi connectivity index (χ2n) is 4.49. The van der Waals surface area contributed by atoms with Gasteiger partial charge in [-0.2, -0.15) is 0 Å². The van der Waals surface area contributed by atoms with Crippen LogP contribution < -0.4 is 5.32 Å². The average molecular weight is 291 g/mol. The maximum atomic E-state index is 11.8. The van der Waals surface area contributed by atoms with Crippen molar-refractivity contribution in [1.29, 1.82) is 0 Å². The fraction of sp³-hybridized carbons (Fsp3) is 0.385. The average Bonchev–Trinajstić information content (AvgIpc) is 2.89. The predicted molar refractivity (Wildman–Crippen MR) is 77.4 cm³/mol.